The first-order chi connectivity index (χ1) is 14.0. The molecule has 146 valence electrons. The molecule has 1 atom stereocenters. The zero-order valence-corrected chi connectivity index (χ0v) is 15.5. The van der Waals surface area contributed by atoms with Crippen LogP contribution in [0.1, 0.15) is 24.4 Å². The second kappa shape index (κ2) is 7.63. The Labute approximate surface area is 164 Å². The van der Waals surface area contributed by atoms with Crippen molar-refractivity contribution in [3.8, 4) is 0 Å². The van der Waals surface area contributed by atoms with Crippen molar-refractivity contribution in [2.45, 2.75) is 19.4 Å². The topological polar surface area (TPSA) is 106 Å². The summed E-state index contributed by atoms with van der Waals surface area (Å²) in [5.41, 5.74) is 1.12. The highest BCUT2D eigenvalue weighted by Gasteiger charge is 2.19. The van der Waals surface area contributed by atoms with Gasteiger partial charge in [-0.15, -0.1) is 5.10 Å². The molecule has 2 heterocycles. The number of fused-ring (bicyclic) bond motifs is 1. The van der Waals surface area contributed by atoms with Crippen molar-refractivity contribution in [2.75, 3.05) is 5.32 Å². The monoisotopic (exact) mass is 392 g/mol. The van der Waals surface area contributed by atoms with E-state index in [1.807, 2.05) is 0 Å². The van der Waals surface area contributed by atoms with Crippen LogP contribution < -0.4 is 10.9 Å². The molecule has 0 spiro atoms. The Balaban J connectivity index is 1.48. The van der Waals surface area contributed by atoms with Crippen LogP contribution in [0.25, 0.3) is 10.9 Å². The first-order valence-electron chi connectivity index (χ1n) is 8.94. The van der Waals surface area contributed by atoms with E-state index in [1.54, 1.807) is 43.3 Å². The van der Waals surface area contributed by atoms with Gasteiger partial charge in [0.05, 0.1) is 17.2 Å². The highest BCUT2D eigenvalue weighted by molar-refractivity contribution is 5.92. The van der Waals surface area contributed by atoms with Crippen LogP contribution in [0.15, 0.2) is 59.7 Å². The van der Waals surface area contributed by atoms with Crippen LogP contribution in [-0.2, 0) is 11.2 Å². The fourth-order valence-electron chi connectivity index (χ4n) is 2.93. The molecular weight excluding hydrogens is 375 g/mol. The molecule has 2 aromatic carbocycles. The minimum absolute atomic E-state index is 0.0979. The molecular formula is C20H17FN6O2. The van der Waals surface area contributed by atoms with Crippen LogP contribution in [0.4, 0.5) is 10.3 Å². The summed E-state index contributed by atoms with van der Waals surface area (Å²) in [4.78, 5) is 33.7. The first kappa shape index (κ1) is 18.5. The fourth-order valence-corrected chi connectivity index (χ4v) is 2.93. The predicted octanol–water partition coefficient (Wildman–Crippen LogP) is 2.44. The number of anilines is 1. The number of hydrogen-bond acceptors (Lipinski definition) is 5. The van der Waals surface area contributed by atoms with Gasteiger partial charge in [-0.25, -0.2) is 9.37 Å². The lowest BCUT2D eigenvalue weighted by atomic mass is 10.1. The van der Waals surface area contributed by atoms with Crippen LogP contribution >= 0.6 is 0 Å². The standard InChI is InChI=1S/C20H17FN6O2/c1-12(27-11-22-16-5-3-2-4-15(16)19(27)29)18(28)24-20-23-17(25-26-20)10-13-6-8-14(21)9-7-13/h2-9,11-12H,10H2,1H3,(H2,23,24,25,26,28)/t12-/m0/s1. The number of benzene rings is 2. The van der Waals surface area contributed by atoms with Crippen LogP contribution in [0, 0.1) is 5.82 Å². The van der Waals surface area contributed by atoms with Crippen molar-refractivity contribution in [3.63, 3.8) is 0 Å². The average Bonchev–Trinajstić information content (AvgIpc) is 3.16. The molecule has 0 saturated carbocycles. The third-order valence-electron chi connectivity index (χ3n) is 4.54. The number of halogens is 1. The fraction of sp³-hybridized carbons (Fsp3) is 0.150. The molecule has 4 aromatic rings. The molecule has 0 radical (unpaired) electrons. The van der Waals surface area contributed by atoms with Gasteiger partial charge in [0.25, 0.3) is 5.56 Å². The molecule has 0 aliphatic carbocycles. The van der Waals surface area contributed by atoms with E-state index in [1.165, 1.54) is 23.0 Å². The summed E-state index contributed by atoms with van der Waals surface area (Å²) in [5.74, 6) is -0.145. The maximum atomic E-state index is 13.0. The lowest BCUT2D eigenvalue weighted by molar-refractivity contribution is -0.118. The second-order valence-electron chi connectivity index (χ2n) is 6.55. The van der Waals surface area contributed by atoms with Gasteiger partial charge in [0.15, 0.2) is 0 Å². The lowest BCUT2D eigenvalue weighted by Crippen LogP contribution is -2.32. The van der Waals surface area contributed by atoms with E-state index in [-0.39, 0.29) is 17.3 Å². The number of aromatic nitrogens is 5. The highest BCUT2D eigenvalue weighted by atomic mass is 19.1. The van der Waals surface area contributed by atoms with Crippen molar-refractivity contribution in [2.24, 2.45) is 0 Å². The van der Waals surface area contributed by atoms with Gasteiger partial charge in [0, 0.05) is 6.42 Å². The van der Waals surface area contributed by atoms with Crippen LogP contribution in [0.5, 0.6) is 0 Å². The maximum absolute atomic E-state index is 13.0. The van der Waals surface area contributed by atoms with Crippen molar-refractivity contribution < 1.29 is 9.18 Å². The number of carbonyl (C=O) groups excluding carboxylic acids is 1. The Bertz CT molecular complexity index is 1230. The number of nitrogens with zero attached hydrogens (tertiary/aromatic N) is 4. The van der Waals surface area contributed by atoms with E-state index >= 15 is 0 Å². The zero-order chi connectivity index (χ0) is 20.4. The Morgan fingerprint density at radius 3 is 2.76 bits per heavy atom. The third-order valence-corrected chi connectivity index (χ3v) is 4.54. The van der Waals surface area contributed by atoms with Crippen molar-refractivity contribution >= 4 is 22.8 Å². The predicted molar refractivity (Wildman–Crippen MR) is 105 cm³/mol. The molecule has 29 heavy (non-hydrogen) atoms. The minimum atomic E-state index is -0.807. The van der Waals surface area contributed by atoms with E-state index in [9.17, 15) is 14.0 Å². The van der Waals surface area contributed by atoms with E-state index in [2.05, 4.69) is 25.5 Å². The highest BCUT2D eigenvalue weighted by Crippen LogP contribution is 2.12. The molecule has 2 N–H and O–H groups in total. The molecule has 2 aromatic heterocycles. The summed E-state index contributed by atoms with van der Waals surface area (Å²) in [6, 6.07) is 12.2. The smallest absolute Gasteiger partial charge is 0.261 e. The number of amides is 1. The third kappa shape index (κ3) is 3.88. The quantitative estimate of drug-likeness (QED) is 0.543. The van der Waals surface area contributed by atoms with Crippen molar-refractivity contribution in [3.05, 3.63) is 82.4 Å². The van der Waals surface area contributed by atoms with Crippen LogP contribution in [-0.4, -0.2) is 30.6 Å². The number of carbonyl (C=O) groups is 1. The molecule has 0 aliphatic rings. The van der Waals surface area contributed by atoms with Gasteiger partial charge in [-0.2, -0.15) is 4.98 Å². The summed E-state index contributed by atoms with van der Waals surface area (Å²) in [6.45, 7) is 1.60. The Hall–Kier alpha value is -3.88. The van der Waals surface area contributed by atoms with E-state index in [0.717, 1.165) is 5.56 Å². The van der Waals surface area contributed by atoms with E-state index in [0.29, 0.717) is 23.1 Å². The van der Waals surface area contributed by atoms with Gasteiger partial charge in [0.2, 0.25) is 11.9 Å². The van der Waals surface area contributed by atoms with Gasteiger partial charge >= 0.3 is 0 Å². The number of hydrogen-bond donors (Lipinski definition) is 2. The molecule has 1 amide bonds. The molecule has 0 unspecified atom stereocenters. The Morgan fingerprint density at radius 1 is 1.21 bits per heavy atom. The number of para-hydroxylation sites is 1. The van der Waals surface area contributed by atoms with Gasteiger partial charge in [-0.3, -0.25) is 24.6 Å². The van der Waals surface area contributed by atoms with Crippen molar-refractivity contribution in [1.82, 2.24) is 24.7 Å². The van der Waals surface area contributed by atoms with E-state index < -0.39 is 11.9 Å². The molecule has 0 aliphatic heterocycles. The molecule has 0 fully saturated rings. The van der Waals surface area contributed by atoms with Crippen LogP contribution in [0.3, 0.4) is 0 Å². The van der Waals surface area contributed by atoms with Gasteiger partial charge in [0.1, 0.15) is 17.7 Å². The lowest BCUT2D eigenvalue weighted by Gasteiger charge is -2.13. The number of rotatable bonds is 5. The van der Waals surface area contributed by atoms with Gasteiger partial charge in [-0.05, 0) is 36.8 Å². The van der Waals surface area contributed by atoms with E-state index in [4.69, 9.17) is 0 Å². The van der Waals surface area contributed by atoms with Gasteiger partial charge in [-0.1, -0.05) is 24.3 Å². The average molecular weight is 392 g/mol. The molecule has 0 saturated heterocycles. The maximum Gasteiger partial charge on any atom is 0.261 e. The normalized spacial score (nSPS) is 12.1. The molecule has 4 rings (SSSR count). The molecule has 8 nitrogen and oxygen atoms in total. The Morgan fingerprint density at radius 2 is 1.97 bits per heavy atom. The van der Waals surface area contributed by atoms with Crippen molar-refractivity contribution in [1.29, 1.82) is 0 Å². The summed E-state index contributed by atoms with van der Waals surface area (Å²) < 4.78 is 14.3. The summed E-state index contributed by atoms with van der Waals surface area (Å²) >= 11 is 0. The molecule has 0 bridgehead atoms. The summed E-state index contributed by atoms with van der Waals surface area (Å²) in [7, 11) is 0. The second-order valence-corrected chi connectivity index (χ2v) is 6.55. The summed E-state index contributed by atoms with van der Waals surface area (Å²) in [5, 5.41) is 9.74. The number of nitrogens with one attached hydrogen (secondary N) is 2. The minimum Gasteiger partial charge on any atom is -0.291 e. The summed E-state index contributed by atoms with van der Waals surface area (Å²) in [6.07, 6.45) is 1.76. The first-order valence-corrected chi connectivity index (χ1v) is 8.94. The number of aromatic amines is 1. The number of H-pyrrole nitrogens is 1. The SMILES string of the molecule is C[C@@H](C(=O)Nc1n[nH]c(Cc2ccc(F)cc2)n1)n1cnc2ccccc2c1=O. The van der Waals surface area contributed by atoms with Crippen LogP contribution in [0.2, 0.25) is 0 Å². The van der Waals surface area contributed by atoms with Gasteiger partial charge < -0.3 is 0 Å². The molecule has 9 heteroatoms. The largest absolute Gasteiger partial charge is 0.291 e. The Kier molecular flexibility index (Phi) is 4.86. The zero-order valence-electron chi connectivity index (χ0n) is 15.5.